The van der Waals surface area contributed by atoms with Crippen molar-refractivity contribution in [3.8, 4) is 17.1 Å². The van der Waals surface area contributed by atoms with Crippen molar-refractivity contribution in [1.82, 2.24) is 10.3 Å². The van der Waals surface area contributed by atoms with Gasteiger partial charge < -0.3 is 14.5 Å². The van der Waals surface area contributed by atoms with E-state index in [0.29, 0.717) is 17.3 Å². The lowest BCUT2D eigenvalue weighted by Crippen LogP contribution is -2.12. The summed E-state index contributed by atoms with van der Waals surface area (Å²) in [6.45, 7) is 3.60. The highest BCUT2D eigenvalue weighted by Gasteiger charge is 2.12. The van der Waals surface area contributed by atoms with E-state index in [9.17, 15) is 0 Å². The molecule has 1 aromatic carbocycles. The van der Waals surface area contributed by atoms with Crippen molar-refractivity contribution in [2.24, 2.45) is 0 Å². The Labute approximate surface area is 111 Å². The molecule has 2 rings (SSSR count). The van der Waals surface area contributed by atoms with Crippen LogP contribution in [0, 0.1) is 0 Å². The van der Waals surface area contributed by atoms with Gasteiger partial charge in [-0.25, -0.2) is 4.98 Å². The number of aromatic nitrogens is 1. The largest absolute Gasteiger partial charge is 0.495 e. The van der Waals surface area contributed by atoms with Gasteiger partial charge in [-0.05, 0) is 24.7 Å². The van der Waals surface area contributed by atoms with Crippen molar-refractivity contribution in [3.63, 3.8) is 0 Å². The topological polar surface area (TPSA) is 47.3 Å². The average molecular weight is 267 g/mol. The van der Waals surface area contributed by atoms with Crippen LogP contribution >= 0.6 is 11.6 Å². The van der Waals surface area contributed by atoms with Crippen LogP contribution in [-0.4, -0.2) is 18.6 Å². The molecule has 5 heteroatoms. The molecule has 0 aliphatic carbocycles. The van der Waals surface area contributed by atoms with Crippen molar-refractivity contribution in [1.29, 1.82) is 0 Å². The van der Waals surface area contributed by atoms with Gasteiger partial charge in [-0.1, -0.05) is 18.5 Å². The fourth-order valence-electron chi connectivity index (χ4n) is 1.68. The van der Waals surface area contributed by atoms with Gasteiger partial charge in [0.15, 0.2) is 12.2 Å². The van der Waals surface area contributed by atoms with E-state index in [4.69, 9.17) is 20.8 Å². The Morgan fingerprint density at radius 3 is 2.94 bits per heavy atom. The lowest BCUT2D eigenvalue weighted by Gasteiger charge is -2.05. The zero-order chi connectivity index (χ0) is 13.0. The smallest absolute Gasteiger partial charge is 0.181 e. The Kier molecular flexibility index (Phi) is 4.23. The highest BCUT2D eigenvalue weighted by atomic mass is 35.5. The van der Waals surface area contributed by atoms with Crippen LogP contribution < -0.4 is 10.1 Å². The zero-order valence-corrected chi connectivity index (χ0v) is 11.1. The molecule has 1 aromatic heterocycles. The molecular weight excluding hydrogens is 252 g/mol. The first kappa shape index (κ1) is 12.9. The van der Waals surface area contributed by atoms with Gasteiger partial charge in [-0.15, -0.1) is 0 Å². The Bertz CT molecular complexity index is 525. The lowest BCUT2D eigenvalue weighted by molar-refractivity contribution is 0.415. The fraction of sp³-hybridized carbons (Fsp3) is 0.308. The third-order valence-electron chi connectivity index (χ3n) is 2.60. The molecule has 0 aliphatic heterocycles. The van der Waals surface area contributed by atoms with Crippen LogP contribution in [0.1, 0.15) is 12.6 Å². The first-order valence-electron chi connectivity index (χ1n) is 5.73. The SMILES string of the molecule is CCNCc1ncoc1-c1ccc(OC)c(Cl)c1. The van der Waals surface area contributed by atoms with E-state index in [-0.39, 0.29) is 0 Å². The first-order chi connectivity index (χ1) is 8.76. The molecule has 96 valence electrons. The number of benzene rings is 1. The van der Waals surface area contributed by atoms with Crippen molar-refractivity contribution in [2.75, 3.05) is 13.7 Å². The summed E-state index contributed by atoms with van der Waals surface area (Å²) in [5.41, 5.74) is 1.77. The number of hydrogen-bond acceptors (Lipinski definition) is 4. The highest BCUT2D eigenvalue weighted by Crippen LogP contribution is 2.31. The summed E-state index contributed by atoms with van der Waals surface area (Å²) in [5, 5.41) is 3.77. The van der Waals surface area contributed by atoms with E-state index >= 15 is 0 Å². The molecule has 0 saturated heterocycles. The predicted molar refractivity (Wildman–Crippen MR) is 70.9 cm³/mol. The normalized spacial score (nSPS) is 10.6. The van der Waals surface area contributed by atoms with Gasteiger partial charge in [-0.2, -0.15) is 0 Å². The number of nitrogens with one attached hydrogen (secondary N) is 1. The van der Waals surface area contributed by atoms with E-state index in [1.54, 1.807) is 7.11 Å². The van der Waals surface area contributed by atoms with Gasteiger partial charge in [-0.3, -0.25) is 0 Å². The Morgan fingerprint density at radius 2 is 2.28 bits per heavy atom. The van der Waals surface area contributed by atoms with E-state index in [2.05, 4.69) is 10.3 Å². The monoisotopic (exact) mass is 266 g/mol. The summed E-state index contributed by atoms with van der Waals surface area (Å²) in [7, 11) is 1.59. The first-order valence-corrected chi connectivity index (χ1v) is 6.11. The van der Waals surface area contributed by atoms with Gasteiger partial charge >= 0.3 is 0 Å². The van der Waals surface area contributed by atoms with Crippen LogP contribution in [0.25, 0.3) is 11.3 Å². The molecule has 1 N–H and O–H groups in total. The number of methoxy groups -OCH3 is 1. The number of halogens is 1. The molecule has 4 nitrogen and oxygen atoms in total. The third-order valence-corrected chi connectivity index (χ3v) is 2.89. The summed E-state index contributed by atoms with van der Waals surface area (Å²) in [6.07, 6.45) is 1.44. The van der Waals surface area contributed by atoms with Gasteiger partial charge in [0, 0.05) is 12.1 Å². The van der Waals surface area contributed by atoms with Crippen LogP contribution in [0.2, 0.25) is 5.02 Å². The van der Waals surface area contributed by atoms with Crippen LogP contribution in [0.15, 0.2) is 29.0 Å². The molecule has 0 spiro atoms. The highest BCUT2D eigenvalue weighted by molar-refractivity contribution is 6.32. The van der Waals surface area contributed by atoms with Crippen molar-refractivity contribution < 1.29 is 9.15 Å². The Hall–Kier alpha value is -1.52. The molecule has 0 atom stereocenters. The molecule has 0 bridgehead atoms. The summed E-state index contributed by atoms with van der Waals surface area (Å²) >= 11 is 6.10. The molecule has 0 amide bonds. The third kappa shape index (κ3) is 2.66. The maximum atomic E-state index is 6.10. The molecule has 0 unspecified atom stereocenters. The lowest BCUT2D eigenvalue weighted by atomic mass is 10.1. The molecule has 2 aromatic rings. The minimum atomic E-state index is 0.556. The minimum Gasteiger partial charge on any atom is -0.495 e. The molecule has 0 saturated carbocycles. The number of oxazole rings is 1. The number of hydrogen-bond donors (Lipinski definition) is 1. The number of ether oxygens (including phenoxy) is 1. The molecule has 18 heavy (non-hydrogen) atoms. The molecule has 0 radical (unpaired) electrons. The second kappa shape index (κ2) is 5.89. The van der Waals surface area contributed by atoms with Gasteiger partial charge in [0.25, 0.3) is 0 Å². The van der Waals surface area contributed by atoms with Crippen LogP contribution in [0.4, 0.5) is 0 Å². The fourth-order valence-corrected chi connectivity index (χ4v) is 1.94. The maximum Gasteiger partial charge on any atom is 0.181 e. The van der Waals surface area contributed by atoms with Crippen molar-refractivity contribution >= 4 is 11.6 Å². The van der Waals surface area contributed by atoms with Crippen molar-refractivity contribution in [2.45, 2.75) is 13.5 Å². The van der Waals surface area contributed by atoms with E-state index < -0.39 is 0 Å². The quantitative estimate of drug-likeness (QED) is 0.903. The molecular formula is C13H15ClN2O2. The van der Waals surface area contributed by atoms with Gasteiger partial charge in [0.2, 0.25) is 0 Å². The van der Waals surface area contributed by atoms with Gasteiger partial charge in [0.1, 0.15) is 11.4 Å². The number of rotatable bonds is 5. The predicted octanol–water partition coefficient (Wildman–Crippen LogP) is 3.11. The van der Waals surface area contributed by atoms with Crippen LogP contribution in [0.3, 0.4) is 0 Å². The molecule has 1 heterocycles. The summed E-state index contributed by atoms with van der Waals surface area (Å²) in [6, 6.07) is 5.54. The summed E-state index contributed by atoms with van der Waals surface area (Å²) < 4.78 is 10.5. The number of nitrogens with zero attached hydrogens (tertiary/aromatic N) is 1. The summed E-state index contributed by atoms with van der Waals surface area (Å²) in [5.74, 6) is 1.38. The van der Waals surface area contributed by atoms with Gasteiger partial charge in [0.05, 0.1) is 12.1 Å². The Balaban J connectivity index is 2.31. The van der Waals surface area contributed by atoms with Crippen LogP contribution in [0.5, 0.6) is 5.75 Å². The second-order valence-electron chi connectivity index (χ2n) is 3.76. The van der Waals surface area contributed by atoms with Crippen molar-refractivity contribution in [3.05, 3.63) is 35.3 Å². The van der Waals surface area contributed by atoms with E-state index in [1.165, 1.54) is 6.39 Å². The average Bonchev–Trinajstić information content (AvgIpc) is 2.84. The maximum absolute atomic E-state index is 6.10. The summed E-state index contributed by atoms with van der Waals surface area (Å²) in [4.78, 5) is 4.20. The standard InChI is InChI=1S/C13H15ClN2O2/c1-3-15-7-11-13(18-8-16-11)9-4-5-12(17-2)10(14)6-9/h4-6,8,15H,3,7H2,1-2H3. The van der Waals surface area contributed by atoms with E-state index in [1.807, 2.05) is 25.1 Å². The molecule has 0 fully saturated rings. The zero-order valence-electron chi connectivity index (χ0n) is 10.4. The molecule has 0 aliphatic rings. The second-order valence-corrected chi connectivity index (χ2v) is 4.17. The Morgan fingerprint density at radius 1 is 1.44 bits per heavy atom. The van der Waals surface area contributed by atoms with Crippen LogP contribution in [-0.2, 0) is 6.54 Å². The minimum absolute atomic E-state index is 0.556. The van der Waals surface area contributed by atoms with E-state index in [0.717, 1.165) is 23.6 Å².